The first-order chi connectivity index (χ1) is 13.2. The molecule has 4 atom stereocenters. The summed E-state index contributed by atoms with van der Waals surface area (Å²) >= 11 is 1.76. The Morgan fingerprint density at radius 2 is 2.00 bits per heavy atom. The Balaban J connectivity index is 0.00000225. The summed E-state index contributed by atoms with van der Waals surface area (Å²) in [7, 11) is 0. The molecule has 28 heavy (non-hydrogen) atoms. The lowest BCUT2D eigenvalue weighted by atomic mass is 9.89. The van der Waals surface area contributed by atoms with Crippen molar-refractivity contribution >= 4 is 29.7 Å². The van der Waals surface area contributed by atoms with Crippen LogP contribution < -0.4 is 5.73 Å². The van der Waals surface area contributed by atoms with Gasteiger partial charge in [-0.25, -0.2) is 0 Å². The molecule has 0 spiro atoms. The minimum absolute atomic E-state index is 0. The van der Waals surface area contributed by atoms with Crippen molar-refractivity contribution in [1.29, 1.82) is 0 Å². The van der Waals surface area contributed by atoms with Crippen LogP contribution in [0.5, 0.6) is 0 Å². The van der Waals surface area contributed by atoms with Gasteiger partial charge in [0.2, 0.25) is 5.91 Å². The van der Waals surface area contributed by atoms with Crippen LogP contribution in [0.3, 0.4) is 0 Å². The number of thiophene rings is 1. The minimum atomic E-state index is -0.0895. The number of benzene rings is 1. The quantitative estimate of drug-likeness (QED) is 0.799. The highest BCUT2D eigenvalue weighted by molar-refractivity contribution is 7.10. The van der Waals surface area contributed by atoms with Crippen LogP contribution in [0, 0.1) is 5.92 Å². The molecular weight excluding hydrogens is 390 g/mol. The Morgan fingerprint density at radius 1 is 1.21 bits per heavy atom. The van der Waals surface area contributed by atoms with Gasteiger partial charge in [-0.2, -0.15) is 0 Å². The summed E-state index contributed by atoms with van der Waals surface area (Å²) in [5.74, 6) is 1.10. The third-order valence-electron chi connectivity index (χ3n) is 6.31. The van der Waals surface area contributed by atoms with Crippen molar-refractivity contribution in [1.82, 2.24) is 9.80 Å². The molecule has 2 aliphatic heterocycles. The van der Waals surface area contributed by atoms with Crippen LogP contribution in [0.4, 0.5) is 0 Å². The molecule has 1 aromatic heterocycles. The van der Waals surface area contributed by atoms with E-state index in [0.717, 1.165) is 32.5 Å². The molecule has 152 valence electrons. The molecular formula is C22H30ClN3OS. The third-order valence-corrected chi connectivity index (χ3v) is 7.29. The first-order valence-electron chi connectivity index (χ1n) is 10.0. The SMILES string of the molecule is CC(C(=O)N1CCCC1c1cccs1)N1C[C@@H](CN)[C@H](c2ccccc2)C1.Cl. The molecule has 1 aromatic carbocycles. The van der Waals surface area contributed by atoms with Crippen LogP contribution in [-0.2, 0) is 4.79 Å². The molecule has 3 heterocycles. The molecule has 0 bridgehead atoms. The molecule has 0 aliphatic carbocycles. The van der Waals surface area contributed by atoms with Gasteiger partial charge in [-0.1, -0.05) is 36.4 Å². The summed E-state index contributed by atoms with van der Waals surface area (Å²) in [5, 5.41) is 2.11. The average molecular weight is 420 g/mol. The van der Waals surface area contributed by atoms with E-state index in [4.69, 9.17) is 5.73 Å². The zero-order chi connectivity index (χ0) is 18.8. The molecule has 2 unspecified atom stereocenters. The van der Waals surface area contributed by atoms with Crippen molar-refractivity contribution in [3.8, 4) is 0 Å². The normalized spacial score (nSPS) is 26.2. The van der Waals surface area contributed by atoms with E-state index < -0.39 is 0 Å². The largest absolute Gasteiger partial charge is 0.333 e. The Bertz CT molecular complexity index is 754. The molecule has 2 aromatic rings. The van der Waals surface area contributed by atoms with Gasteiger partial charge >= 0.3 is 0 Å². The second-order valence-corrected chi connectivity index (χ2v) is 8.83. The Morgan fingerprint density at radius 3 is 2.68 bits per heavy atom. The molecule has 2 fully saturated rings. The zero-order valence-electron chi connectivity index (χ0n) is 16.4. The van der Waals surface area contributed by atoms with Crippen LogP contribution in [0.15, 0.2) is 47.8 Å². The fraction of sp³-hybridized carbons (Fsp3) is 0.500. The number of hydrogen-bond donors (Lipinski definition) is 1. The number of carbonyl (C=O) groups is 1. The molecule has 2 N–H and O–H groups in total. The topological polar surface area (TPSA) is 49.6 Å². The van der Waals surface area contributed by atoms with Gasteiger partial charge in [-0.15, -0.1) is 23.7 Å². The number of halogens is 1. The highest BCUT2D eigenvalue weighted by atomic mass is 35.5. The number of likely N-dealkylation sites (tertiary alicyclic amines) is 2. The number of hydrogen-bond acceptors (Lipinski definition) is 4. The lowest BCUT2D eigenvalue weighted by Crippen LogP contribution is -2.46. The third kappa shape index (κ3) is 4.13. The van der Waals surface area contributed by atoms with E-state index in [1.54, 1.807) is 11.3 Å². The van der Waals surface area contributed by atoms with E-state index in [1.165, 1.54) is 10.4 Å². The number of rotatable bonds is 5. The van der Waals surface area contributed by atoms with Gasteiger partial charge < -0.3 is 10.6 Å². The van der Waals surface area contributed by atoms with Gasteiger partial charge in [0.1, 0.15) is 0 Å². The molecule has 6 heteroatoms. The molecule has 2 aliphatic rings. The molecule has 4 rings (SSSR count). The van der Waals surface area contributed by atoms with E-state index in [-0.39, 0.29) is 30.4 Å². The van der Waals surface area contributed by atoms with Crippen LogP contribution in [-0.4, -0.2) is 47.9 Å². The predicted molar refractivity (Wildman–Crippen MR) is 118 cm³/mol. The van der Waals surface area contributed by atoms with Crippen molar-refractivity contribution in [3.63, 3.8) is 0 Å². The standard InChI is InChI=1S/C22H29N3OS.ClH/c1-16(22(26)25-11-5-9-20(25)21-10-6-12-27-21)24-14-18(13-23)19(15-24)17-7-3-2-4-8-17;/h2-4,6-8,10,12,16,18-20H,5,9,11,13-15,23H2,1H3;1H/t16?,18-,19+,20?;/m1./s1. The van der Waals surface area contributed by atoms with E-state index in [9.17, 15) is 4.79 Å². The molecule has 2 saturated heterocycles. The van der Waals surface area contributed by atoms with Crippen LogP contribution in [0.1, 0.15) is 42.2 Å². The van der Waals surface area contributed by atoms with Crippen molar-refractivity contribution < 1.29 is 4.79 Å². The Labute approximate surface area is 178 Å². The van der Waals surface area contributed by atoms with E-state index in [1.807, 2.05) is 0 Å². The van der Waals surface area contributed by atoms with Crippen LogP contribution in [0.25, 0.3) is 0 Å². The number of nitrogens with two attached hydrogens (primary N) is 1. The van der Waals surface area contributed by atoms with E-state index in [2.05, 4.69) is 64.6 Å². The summed E-state index contributed by atoms with van der Waals surface area (Å²) < 4.78 is 0. The predicted octanol–water partition coefficient (Wildman–Crippen LogP) is 3.90. The summed E-state index contributed by atoms with van der Waals surface area (Å²) in [6.45, 7) is 5.43. The Kier molecular flexibility index (Phi) is 7.15. The first kappa shape index (κ1) is 21.3. The lowest BCUT2D eigenvalue weighted by Gasteiger charge is -2.31. The van der Waals surface area contributed by atoms with E-state index in [0.29, 0.717) is 18.4 Å². The monoisotopic (exact) mass is 419 g/mol. The van der Waals surface area contributed by atoms with Gasteiger partial charge in [0.15, 0.2) is 0 Å². The van der Waals surface area contributed by atoms with Crippen LogP contribution >= 0.6 is 23.7 Å². The minimum Gasteiger partial charge on any atom is -0.333 e. The maximum absolute atomic E-state index is 13.3. The van der Waals surface area contributed by atoms with Crippen LogP contribution in [0.2, 0.25) is 0 Å². The maximum Gasteiger partial charge on any atom is 0.240 e. The molecule has 1 amide bonds. The molecule has 0 saturated carbocycles. The smallest absolute Gasteiger partial charge is 0.240 e. The lowest BCUT2D eigenvalue weighted by molar-refractivity contribution is -0.137. The second-order valence-electron chi connectivity index (χ2n) is 7.85. The van der Waals surface area contributed by atoms with Gasteiger partial charge in [-0.3, -0.25) is 9.69 Å². The number of amides is 1. The number of nitrogens with zero attached hydrogens (tertiary/aromatic N) is 2. The van der Waals surface area contributed by atoms with Crippen molar-refractivity contribution in [2.45, 2.75) is 37.8 Å². The second kappa shape index (κ2) is 9.40. The summed E-state index contributed by atoms with van der Waals surface area (Å²) in [6.07, 6.45) is 2.18. The van der Waals surface area contributed by atoms with Gasteiger partial charge in [0.25, 0.3) is 0 Å². The fourth-order valence-electron chi connectivity index (χ4n) is 4.74. The fourth-order valence-corrected chi connectivity index (χ4v) is 5.61. The van der Waals surface area contributed by atoms with Crippen molar-refractivity contribution in [2.24, 2.45) is 11.7 Å². The highest BCUT2D eigenvalue weighted by Crippen LogP contribution is 2.37. The Hall–Kier alpha value is -1.40. The first-order valence-corrected chi connectivity index (χ1v) is 10.9. The average Bonchev–Trinajstić information content (AvgIpc) is 3.47. The van der Waals surface area contributed by atoms with Crippen molar-refractivity contribution in [2.75, 3.05) is 26.2 Å². The van der Waals surface area contributed by atoms with Gasteiger partial charge in [-0.05, 0) is 49.2 Å². The summed E-state index contributed by atoms with van der Waals surface area (Å²) in [5.41, 5.74) is 7.43. The van der Waals surface area contributed by atoms with E-state index >= 15 is 0 Å². The van der Waals surface area contributed by atoms with Gasteiger partial charge in [0.05, 0.1) is 12.1 Å². The van der Waals surface area contributed by atoms with Crippen molar-refractivity contribution in [3.05, 3.63) is 58.3 Å². The number of carbonyl (C=O) groups excluding carboxylic acids is 1. The molecule has 0 radical (unpaired) electrons. The zero-order valence-corrected chi connectivity index (χ0v) is 18.0. The summed E-state index contributed by atoms with van der Waals surface area (Å²) in [4.78, 5) is 19.1. The van der Waals surface area contributed by atoms with Gasteiger partial charge in [0, 0.05) is 30.4 Å². The highest BCUT2D eigenvalue weighted by Gasteiger charge is 2.40. The summed E-state index contributed by atoms with van der Waals surface area (Å²) in [6, 6.07) is 15.0. The molecule has 4 nitrogen and oxygen atoms in total. The maximum atomic E-state index is 13.3.